The van der Waals surface area contributed by atoms with E-state index in [2.05, 4.69) is 10.3 Å². The number of fused-ring (bicyclic) bond motifs is 1. The van der Waals surface area contributed by atoms with E-state index in [-0.39, 0.29) is 16.9 Å². The van der Waals surface area contributed by atoms with E-state index in [1.165, 1.54) is 41.1 Å². The molecule has 0 aliphatic carbocycles. The number of carbonyl (C=O) groups excluding carboxylic acids is 1. The molecule has 4 N–H and O–H groups in total. The van der Waals surface area contributed by atoms with E-state index in [9.17, 15) is 31.2 Å². The van der Waals surface area contributed by atoms with Gasteiger partial charge in [-0.05, 0) is 48.5 Å². The SMILES string of the molecule is O=C(O)c1ccc(NC(=O)c2cc3cc(NS(=O)(=O)C(F)(F)F)ccc3[nH]2)cc1. The van der Waals surface area contributed by atoms with Crippen molar-refractivity contribution >= 4 is 44.2 Å². The summed E-state index contributed by atoms with van der Waals surface area (Å²) in [5, 5.41) is 11.7. The van der Waals surface area contributed by atoms with Gasteiger partial charge >= 0.3 is 21.5 Å². The Labute approximate surface area is 161 Å². The Morgan fingerprint density at radius 2 is 1.59 bits per heavy atom. The van der Waals surface area contributed by atoms with Gasteiger partial charge in [0.05, 0.1) is 5.56 Å². The third kappa shape index (κ3) is 4.32. The van der Waals surface area contributed by atoms with Gasteiger partial charge in [0.2, 0.25) is 0 Å². The average Bonchev–Trinajstić information content (AvgIpc) is 3.04. The van der Waals surface area contributed by atoms with Gasteiger partial charge in [0.15, 0.2) is 0 Å². The van der Waals surface area contributed by atoms with Crippen LogP contribution >= 0.6 is 0 Å². The predicted molar refractivity (Wildman–Crippen MR) is 98.3 cm³/mol. The van der Waals surface area contributed by atoms with Crippen LogP contribution in [0.15, 0.2) is 48.5 Å². The van der Waals surface area contributed by atoms with Crippen molar-refractivity contribution in [2.45, 2.75) is 5.51 Å². The molecule has 0 bridgehead atoms. The number of nitrogens with one attached hydrogen (secondary N) is 3. The number of anilines is 2. The van der Waals surface area contributed by atoms with Crippen molar-refractivity contribution in [3.05, 3.63) is 59.8 Å². The summed E-state index contributed by atoms with van der Waals surface area (Å²) in [6.45, 7) is 0. The largest absolute Gasteiger partial charge is 0.516 e. The van der Waals surface area contributed by atoms with Gasteiger partial charge in [0, 0.05) is 22.3 Å². The number of carboxylic acid groups (broad SMARTS) is 1. The van der Waals surface area contributed by atoms with Crippen molar-refractivity contribution in [1.82, 2.24) is 4.98 Å². The second kappa shape index (κ2) is 7.13. The van der Waals surface area contributed by atoms with E-state index in [0.717, 1.165) is 12.1 Å². The maximum atomic E-state index is 12.5. The van der Waals surface area contributed by atoms with Crippen molar-refractivity contribution in [3.8, 4) is 0 Å². The lowest BCUT2D eigenvalue weighted by molar-refractivity contribution is -0.0429. The maximum Gasteiger partial charge on any atom is 0.516 e. The van der Waals surface area contributed by atoms with Gasteiger partial charge in [-0.25, -0.2) is 4.79 Å². The smallest absolute Gasteiger partial charge is 0.478 e. The molecule has 0 saturated carbocycles. The minimum absolute atomic E-state index is 0.0439. The van der Waals surface area contributed by atoms with E-state index in [1.54, 1.807) is 0 Å². The van der Waals surface area contributed by atoms with Gasteiger partial charge in [-0.2, -0.15) is 21.6 Å². The van der Waals surface area contributed by atoms with Crippen LogP contribution in [0.2, 0.25) is 0 Å². The molecule has 0 aliphatic heterocycles. The minimum Gasteiger partial charge on any atom is -0.478 e. The van der Waals surface area contributed by atoms with Gasteiger partial charge in [0.1, 0.15) is 5.69 Å². The number of halogens is 3. The third-order valence-electron chi connectivity index (χ3n) is 3.81. The zero-order valence-corrected chi connectivity index (χ0v) is 15.1. The average molecular weight is 427 g/mol. The normalized spacial score (nSPS) is 12.0. The molecule has 0 atom stereocenters. The topological polar surface area (TPSA) is 128 Å². The fourth-order valence-corrected chi connectivity index (χ4v) is 2.98. The first-order chi connectivity index (χ1) is 13.5. The summed E-state index contributed by atoms with van der Waals surface area (Å²) in [5.74, 6) is -1.70. The van der Waals surface area contributed by atoms with Gasteiger partial charge in [-0.3, -0.25) is 9.52 Å². The van der Waals surface area contributed by atoms with E-state index in [1.807, 2.05) is 0 Å². The number of aromatic nitrogens is 1. The van der Waals surface area contributed by atoms with Crippen LogP contribution in [0.25, 0.3) is 10.9 Å². The molecule has 8 nitrogen and oxygen atoms in total. The number of carboxylic acids is 1. The van der Waals surface area contributed by atoms with Gasteiger partial charge < -0.3 is 15.4 Å². The fraction of sp³-hybridized carbons (Fsp3) is 0.0588. The van der Waals surface area contributed by atoms with Crippen LogP contribution in [0.3, 0.4) is 0 Å². The molecule has 152 valence electrons. The first-order valence-electron chi connectivity index (χ1n) is 7.83. The highest BCUT2D eigenvalue weighted by molar-refractivity contribution is 7.93. The summed E-state index contributed by atoms with van der Waals surface area (Å²) in [7, 11) is -5.56. The van der Waals surface area contributed by atoms with Crippen LogP contribution in [-0.2, 0) is 10.0 Å². The Bertz CT molecular complexity index is 1200. The zero-order valence-electron chi connectivity index (χ0n) is 14.2. The lowest BCUT2D eigenvalue weighted by Crippen LogP contribution is -2.29. The predicted octanol–water partition coefficient (Wildman–Crippen LogP) is 3.38. The Morgan fingerprint density at radius 3 is 2.17 bits per heavy atom. The number of rotatable bonds is 5. The number of aromatic carboxylic acids is 1. The Hall–Kier alpha value is -3.54. The standard InChI is InChI=1S/C17H12F3N3O5S/c18-17(19,20)29(27,28)23-12-5-6-13-10(7-12)8-14(22-13)15(24)21-11-3-1-9(2-4-11)16(25)26/h1-8,22-23H,(H,21,24)(H,25,26). The molecule has 0 saturated heterocycles. The number of hydrogen-bond acceptors (Lipinski definition) is 4. The lowest BCUT2D eigenvalue weighted by atomic mass is 10.2. The highest BCUT2D eigenvalue weighted by Gasteiger charge is 2.46. The number of hydrogen-bond donors (Lipinski definition) is 4. The van der Waals surface area contributed by atoms with E-state index in [0.29, 0.717) is 16.6 Å². The van der Waals surface area contributed by atoms with Gasteiger partial charge in [-0.15, -0.1) is 0 Å². The van der Waals surface area contributed by atoms with E-state index >= 15 is 0 Å². The molecule has 12 heteroatoms. The Kier molecular flexibility index (Phi) is 4.96. The molecule has 1 heterocycles. The summed E-state index contributed by atoms with van der Waals surface area (Å²) < 4.78 is 61.2. The molecule has 29 heavy (non-hydrogen) atoms. The highest BCUT2D eigenvalue weighted by atomic mass is 32.2. The van der Waals surface area contributed by atoms with Crippen LogP contribution in [0.4, 0.5) is 24.5 Å². The molecule has 3 aromatic rings. The number of sulfonamides is 1. The molecule has 1 aromatic heterocycles. The second-order valence-corrected chi connectivity index (χ2v) is 7.55. The minimum atomic E-state index is -5.56. The van der Waals surface area contributed by atoms with Crippen molar-refractivity contribution in [2.75, 3.05) is 10.0 Å². The molecular weight excluding hydrogens is 415 g/mol. The van der Waals surface area contributed by atoms with Crippen LogP contribution in [0.1, 0.15) is 20.8 Å². The molecule has 0 unspecified atom stereocenters. The molecule has 0 spiro atoms. The molecule has 3 rings (SSSR count). The van der Waals surface area contributed by atoms with Crippen LogP contribution in [-0.4, -0.2) is 35.9 Å². The summed E-state index contributed by atoms with van der Waals surface area (Å²) in [6.07, 6.45) is 0. The number of H-pyrrole nitrogens is 1. The van der Waals surface area contributed by atoms with Gasteiger partial charge in [-0.1, -0.05) is 0 Å². The number of alkyl halides is 3. The molecule has 0 radical (unpaired) electrons. The van der Waals surface area contributed by atoms with Crippen LogP contribution in [0, 0.1) is 0 Å². The zero-order chi connectivity index (χ0) is 21.4. The van der Waals surface area contributed by atoms with Gasteiger partial charge in [0.25, 0.3) is 5.91 Å². The number of carbonyl (C=O) groups is 2. The summed E-state index contributed by atoms with van der Waals surface area (Å²) in [6, 6.07) is 10.3. The molecule has 1 amide bonds. The molecule has 0 aliphatic rings. The van der Waals surface area contributed by atoms with E-state index < -0.39 is 27.4 Å². The molecule has 0 fully saturated rings. The summed E-state index contributed by atoms with van der Waals surface area (Å²) in [4.78, 5) is 25.9. The first-order valence-corrected chi connectivity index (χ1v) is 9.31. The van der Waals surface area contributed by atoms with Crippen LogP contribution in [0.5, 0.6) is 0 Å². The summed E-state index contributed by atoms with van der Waals surface area (Å²) in [5.41, 5.74) is -4.93. The van der Waals surface area contributed by atoms with E-state index in [4.69, 9.17) is 5.11 Å². The third-order valence-corrected chi connectivity index (χ3v) is 4.93. The van der Waals surface area contributed by atoms with Crippen molar-refractivity contribution in [1.29, 1.82) is 0 Å². The first kappa shape index (κ1) is 20.2. The van der Waals surface area contributed by atoms with Crippen molar-refractivity contribution in [3.63, 3.8) is 0 Å². The fourth-order valence-electron chi connectivity index (χ4n) is 2.43. The van der Waals surface area contributed by atoms with Crippen molar-refractivity contribution < 1.29 is 36.3 Å². The molecule has 2 aromatic carbocycles. The Balaban J connectivity index is 1.80. The number of amides is 1. The van der Waals surface area contributed by atoms with Crippen LogP contribution < -0.4 is 10.0 Å². The van der Waals surface area contributed by atoms with Crippen molar-refractivity contribution in [2.24, 2.45) is 0 Å². The lowest BCUT2D eigenvalue weighted by Gasteiger charge is -2.10. The number of benzene rings is 2. The quantitative estimate of drug-likeness (QED) is 0.496. The monoisotopic (exact) mass is 427 g/mol. The summed E-state index contributed by atoms with van der Waals surface area (Å²) >= 11 is 0. The maximum absolute atomic E-state index is 12.5. The second-order valence-electron chi connectivity index (χ2n) is 5.87. The Morgan fingerprint density at radius 1 is 0.966 bits per heavy atom. The molecular formula is C17H12F3N3O5S. The highest BCUT2D eigenvalue weighted by Crippen LogP contribution is 2.27. The number of aromatic amines is 1.